The van der Waals surface area contributed by atoms with Crippen molar-refractivity contribution in [3.63, 3.8) is 0 Å². The number of hydrogen-bond acceptors (Lipinski definition) is 5. The SMILES string of the molecule is CNc1cc(C(=O)N2CCCN(C(=O)c3ccoc3)CC2)ccn1. The quantitative estimate of drug-likeness (QED) is 0.928. The molecule has 0 aliphatic carbocycles. The number of hydrogen-bond donors (Lipinski definition) is 1. The van der Waals surface area contributed by atoms with Crippen molar-refractivity contribution in [2.45, 2.75) is 6.42 Å². The summed E-state index contributed by atoms with van der Waals surface area (Å²) in [5.74, 6) is 0.568. The highest BCUT2D eigenvalue weighted by atomic mass is 16.3. The van der Waals surface area contributed by atoms with Crippen molar-refractivity contribution in [2.24, 2.45) is 0 Å². The fraction of sp³-hybridized carbons (Fsp3) is 0.353. The zero-order chi connectivity index (χ0) is 16.9. The first kappa shape index (κ1) is 16.0. The summed E-state index contributed by atoms with van der Waals surface area (Å²) in [6, 6.07) is 5.11. The van der Waals surface area contributed by atoms with Gasteiger partial charge in [-0.2, -0.15) is 0 Å². The smallest absolute Gasteiger partial charge is 0.257 e. The highest BCUT2D eigenvalue weighted by molar-refractivity contribution is 5.95. The van der Waals surface area contributed by atoms with Crippen LogP contribution in [-0.2, 0) is 0 Å². The van der Waals surface area contributed by atoms with E-state index in [9.17, 15) is 9.59 Å². The molecular weight excluding hydrogens is 308 g/mol. The lowest BCUT2D eigenvalue weighted by Crippen LogP contribution is -2.37. The van der Waals surface area contributed by atoms with Gasteiger partial charge in [-0.1, -0.05) is 0 Å². The van der Waals surface area contributed by atoms with E-state index in [1.54, 1.807) is 41.2 Å². The molecular formula is C17H20N4O3. The highest BCUT2D eigenvalue weighted by Crippen LogP contribution is 2.14. The van der Waals surface area contributed by atoms with Gasteiger partial charge in [0.15, 0.2) is 0 Å². The largest absolute Gasteiger partial charge is 0.472 e. The van der Waals surface area contributed by atoms with Crippen molar-refractivity contribution in [1.29, 1.82) is 0 Å². The number of rotatable bonds is 3. The molecule has 0 bridgehead atoms. The summed E-state index contributed by atoms with van der Waals surface area (Å²) in [5, 5.41) is 2.93. The minimum atomic E-state index is -0.0561. The number of nitrogens with one attached hydrogen (secondary N) is 1. The van der Waals surface area contributed by atoms with Crippen molar-refractivity contribution >= 4 is 17.6 Å². The Balaban J connectivity index is 1.66. The fourth-order valence-electron chi connectivity index (χ4n) is 2.78. The van der Waals surface area contributed by atoms with Gasteiger partial charge in [-0.15, -0.1) is 0 Å². The zero-order valence-electron chi connectivity index (χ0n) is 13.6. The maximum Gasteiger partial charge on any atom is 0.257 e. The molecule has 1 aliphatic rings. The standard InChI is InChI=1S/C17H20N4O3/c1-18-15-11-13(3-5-19-15)16(22)20-6-2-7-21(9-8-20)17(23)14-4-10-24-12-14/h3-5,10-12H,2,6-9H2,1H3,(H,18,19). The summed E-state index contributed by atoms with van der Waals surface area (Å²) in [6.45, 7) is 2.29. The number of anilines is 1. The van der Waals surface area contributed by atoms with E-state index in [4.69, 9.17) is 4.42 Å². The molecule has 2 amide bonds. The van der Waals surface area contributed by atoms with E-state index in [1.165, 1.54) is 12.5 Å². The van der Waals surface area contributed by atoms with Crippen LogP contribution in [0.1, 0.15) is 27.1 Å². The van der Waals surface area contributed by atoms with Crippen LogP contribution >= 0.6 is 0 Å². The summed E-state index contributed by atoms with van der Waals surface area (Å²) in [7, 11) is 1.77. The van der Waals surface area contributed by atoms with Crippen LogP contribution in [0.2, 0.25) is 0 Å². The van der Waals surface area contributed by atoms with E-state index in [-0.39, 0.29) is 11.8 Å². The van der Waals surface area contributed by atoms with Gasteiger partial charge in [0, 0.05) is 45.0 Å². The molecule has 1 saturated heterocycles. The monoisotopic (exact) mass is 328 g/mol. The summed E-state index contributed by atoms with van der Waals surface area (Å²) in [5.41, 5.74) is 1.14. The van der Waals surface area contributed by atoms with Crippen molar-refractivity contribution < 1.29 is 14.0 Å². The second-order valence-electron chi connectivity index (χ2n) is 5.63. The van der Waals surface area contributed by atoms with Gasteiger partial charge in [0.1, 0.15) is 12.1 Å². The molecule has 24 heavy (non-hydrogen) atoms. The number of furan rings is 1. The second kappa shape index (κ2) is 7.16. The number of carbonyl (C=O) groups excluding carboxylic acids is 2. The van der Waals surface area contributed by atoms with Gasteiger partial charge in [-0.3, -0.25) is 9.59 Å². The number of amides is 2. The molecule has 0 radical (unpaired) electrons. The van der Waals surface area contributed by atoms with Crippen LogP contribution in [0.5, 0.6) is 0 Å². The predicted octanol–water partition coefficient (Wildman–Crippen LogP) is 1.70. The number of pyridine rings is 1. The molecule has 126 valence electrons. The molecule has 3 rings (SSSR count). The molecule has 3 heterocycles. The summed E-state index contributed by atoms with van der Waals surface area (Å²) in [6.07, 6.45) is 5.31. The number of carbonyl (C=O) groups is 2. The summed E-state index contributed by atoms with van der Waals surface area (Å²) in [4.78, 5) is 32.7. The molecule has 0 atom stereocenters. The Morgan fingerprint density at radius 2 is 1.79 bits per heavy atom. The lowest BCUT2D eigenvalue weighted by Gasteiger charge is -2.22. The third kappa shape index (κ3) is 3.40. The molecule has 1 N–H and O–H groups in total. The molecule has 0 spiro atoms. The van der Waals surface area contributed by atoms with Gasteiger partial charge < -0.3 is 19.5 Å². The molecule has 0 aromatic carbocycles. The first-order valence-corrected chi connectivity index (χ1v) is 7.93. The molecule has 7 nitrogen and oxygen atoms in total. The van der Waals surface area contributed by atoms with Crippen LogP contribution in [0.25, 0.3) is 0 Å². The Bertz CT molecular complexity index is 714. The molecule has 0 saturated carbocycles. The Hall–Kier alpha value is -2.83. The van der Waals surface area contributed by atoms with Crippen molar-refractivity contribution in [1.82, 2.24) is 14.8 Å². The minimum Gasteiger partial charge on any atom is -0.472 e. The van der Waals surface area contributed by atoms with Crippen molar-refractivity contribution in [3.8, 4) is 0 Å². The fourth-order valence-corrected chi connectivity index (χ4v) is 2.78. The lowest BCUT2D eigenvalue weighted by atomic mass is 10.2. The first-order valence-electron chi connectivity index (χ1n) is 7.93. The van der Waals surface area contributed by atoms with Gasteiger partial charge in [0.25, 0.3) is 11.8 Å². The van der Waals surface area contributed by atoms with Gasteiger partial charge >= 0.3 is 0 Å². The Labute approximate surface area is 140 Å². The van der Waals surface area contributed by atoms with Gasteiger partial charge in [-0.05, 0) is 24.6 Å². The minimum absolute atomic E-state index is 0.0356. The van der Waals surface area contributed by atoms with E-state index >= 15 is 0 Å². The van der Waals surface area contributed by atoms with E-state index < -0.39 is 0 Å². The van der Waals surface area contributed by atoms with E-state index in [2.05, 4.69) is 10.3 Å². The van der Waals surface area contributed by atoms with Gasteiger partial charge in [0.05, 0.1) is 11.8 Å². The molecule has 0 unspecified atom stereocenters. The normalized spacial score (nSPS) is 15.0. The average molecular weight is 328 g/mol. The lowest BCUT2D eigenvalue weighted by molar-refractivity contribution is 0.0718. The maximum atomic E-state index is 12.7. The topological polar surface area (TPSA) is 78.7 Å². The third-order valence-electron chi connectivity index (χ3n) is 4.10. The Morgan fingerprint density at radius 3 is 2.42 bits per heavy atom. The Morgan fingerprint density at radius 1 is 1.08 bits per heavy atom. The summed E-state index contributed by atoms with van der Waals surface area (Å²) < 4.78 is 4.97. The average Bonchev–Trinajstić information content (AvgIpc) is 3.05. The molecule has 1 fully saturated rings. The molecule has 1 aliphatic heterocycles. The Kier molecular flexibility index (Phi) is 4.79. The van der Waals surface area contributed by atoms with Gasteiger partial charge in [0.2, 0.25) is 0 Å². The molecule has 2 aromatic heterocycles. The van der Waals surface area contributed by atoms with Crippen molar-refractivity contribution in [3.05, 3.63) is 48.0 Å². The van der Waals surface area contributed by atoms with Crippen LogP contribution in [0.15, 0.2) is 41.3 Å². The van der Waals surface area contributed by atoms with E-state index in [1.807, 2.05) is 0 Å². The molecule has 7 heteroatoms. The molecule has 2 aromatic rings. The van der Waals surface area contributed by atoms with Gasteiger partial charge in [-0.25, -0.2) is 4.98 Å². The van der Waals surface area contributed by atoms with Crippen LogP contribution in [0.4, 0.5) is 5.82 Å². The van der Waals surface area contributed by atoms with Crippen LogP contribution in [0.3, 0.4) is 0 Å². The predicted molar refractivity (Wildman–Crippen MR) is 88.9 cm³/mol. The van der Waals surface area contributed by atoms with Crippen LogP contribution in [-0.4, -0.2) is 59.8 Å². The third-order valence-corrected chi connectivity index (χ3v) is 4.10. The first-order chi connectivity index (χ1) is 11.7. The van der Waals surface area contributed by atoms with Crippen molar-refractivity contribution in [2.75, 3.05) is 38.5 Å². The van der Waals surface area contributed by atoms with Crippen LogP contribution in [0, 0.1) is 0 Å². The maximum absolute atomic E-state index is 12.7. The highest BCUT2D eigenvalue weighted by Gasteiger charge is 2.24. The second-order valence-corrected chi connectivity index (χ2v) is 5.63. The van der Waals surface area contributed by atoms with E-state index in [0.717, 1.165) is 6.42 Å². The summed E-state index contributed by atoms with van der Waals surface area (Å²) >= 11 is 0. The zero-order valence-corrected chi connectivity index (χ0v) is 13.6. The number of aromatic nitrogens is 1. The number of nitrogens with zero attached hydrogens (tertiary/aromatic N) is 3. The van der Waals surface area contributed by atoms with E-state index in [0.29, 0.717) is 43.1 Å². The van der Waals surface area contributed by atoms with Crippen LogP contribution < -0.4 is 5.32 Å².